The summed E-state index contributed by atoms with van der Waals surface area (Å²) < 4.78 is 5.58. The van der Waals surface area contributed by atoms with Gasteiger partial charge in [-0.3, -0.25) is 4.90 Å². The van der Waals surface area contributed by atoms with E-state index in [1.807, 2.05) is 32.7 Å². The molecule has 2 atom stereocenters. The average Bonchev–Trinajstić information content (AvgIpc) is 3.18. The maximum absolute atomic E-state index is 12.5. The number of hydrogen-bond donors (Lipinski definition) is 0. The van der Waals surface area contributed by atoms with Crippen LogP contribution in [0.1, 0.15) is 52.1 Å². The van der Waals surface area contributed by atoms with Crippen molar-refractivity contribution < 1.29 is 9.53 Å². The maximum Gasteiger partial charge on any atom is 0.410 e. The van der Waals surface area contributed by atoms with Gasteiger partial charge in [0, 0.05) is 31.6 Å². The molecule has 1 aliphatic carbocycles. The van der Waals surface area contributed by atoms with Crippen molar-refractivity contribution in [3.8, 4) is 0 Å². The van der Waals surface area contributed by atoms with Crippen LogP contribution < -0.4 is 0 Å². The summed E-state index contributed by atoms with van der Waals surface area (Å²) in [6.07, 6.45) is 2.22. The molecule has 24 heavy (non-hydrogen) atoms. The van der Waals surface area contributed by atoms with Crippen LogP contribution in [0.15, 0.2) is 30.3 Å². The van der Waals surface area contributed by atoms with Gasteiger partial charge >= 0.3 is 6.09 Å². The number of likely N-dealkylation sites (tertiary alicyclic amines) is 1. The van der Waals surface area contributed by atoms with Crippen LogP contribution in [0.4, 0.5) is 4.79 Å². The molecular formula is C20H30N2O2. The Bertz CT molecular complexity index is 589. The summed E-state index contributed by atoms with van der Waals surface area (Å²) >= 11 is 0. The summed E-state index contributed by atoms with van der Waals surface area (Å²) in [6, 6.07) is 11.3. The summed E-state index contributed by atoms with van der Waals surface area (Å²) in [5, 5.41) is 0. The fraction of sp³-hybridized carbons (Fsp3) is 0.650. The zero-order valence-corrected chi connectivity index (χ0v) is 15.6. The Morgan fingerprint density at radius 3 is 2.46 bits per heavy atom. The monoisotopic (exact) mass is 330 g/mol. The first kappa shape index (κ1) is 17.3. The third-order valence-electron chi connectivity index (χ3n) is 5.50. The Kier molecular flexibility index (Phi) is 4.37. The number of ether oxygens (including phenoxy) is 1. The molecule has 0 aromatic heterocycles. The van der Waals surface area contributed by atoms with Crippen LogP contribution in [-0.2, 0) is 4.74 Å². The Hall–Kier alpha value is -1.55. The van der Waals surface area contributed by atoms with Crippen molar-refractivity contribution in [3.63, 3.8) is 0 Å². The molecular weight excluding hydrogens is 300 g/mol. The molecule has 1 heterocycles. The van der Waals surface area contributed by atoms with Crippen molar-refractivity contribution in [3.05, 3.63) is 35.9 Å². The molecule has 3 rings (SSSR count). The van der Waals surface area contributed by atoms with Gasteiger partial charge in [-0.25, -0.2) is 4.79 Å². The molecule has 1 aromatic carbocycles. The molecule has 2 fully saturated rings. The lowest BCUT2D eigenvalue weighted by Crippen LogP contribution is -2.45. The average molecular weight is 330 g/mol. The number of amides is 1. The Balaban J connectivity index is 1.71. The highest BCUT2D eigenvalue weighted by Crippen LogP contribution is 2.55. The second-order valence-corrected chi connectivity index (χ2v) is 8.49. The van der Waals surface area contributed by atoms with E-state index in [0.717, 1.165) is 13.1 Å². The van der Waals surface area contributed by atoms with Crippen molar-refractivity contribution in [2.45, 2.75) is 58.2 Å². The molecule has 1 spiro atoms. The topological polar surface area (TPSA) is 32.8 Å². The fourth-order valence-electron chi connectivity index (χ4n) is 3.87. The molecule has 1 saturated carbocycles. The molecule has 1 saturated heterocycles. The largest absolute Gasteiger partial charge is 0.444 e. The quantitative estimate of drug-likeness (QED) is 0.837. The van der Waals surface area contributed by atoms with Crippen LogP contribution >= 0.6 is 0 Å². The third kappa shape index (κ3) is 3.44. The molecule has 1 aromatic rings. The maximum atomic E-state index is 12.5. The molecule has 4 heteroatoms. The van der Waals surface area contributed by atoms with Crippen molar-refractivity contribution in [2.75, 3.05) is 20.1 Å². The van der Waals surface area contributed by atoms with Crippen molar-refractivity contribution in [1.82, 2.24) is 9.80 Å². The van der Waals surface area contributed by atoms with Crippen molar-refractivity contribution in [2.24, 2.45) is 5.41 Å². The molecule has 2 aliphatic rings. The van der Waals surface area contributed by atoms with E-state index in [-0.39, 0.29) is 17.6 Å². The number of likely N-dealkylation sites (N-methyl/N-ethyl adjacent to an activating group) is 1. The van der Waals surface area contributed by atoms with Crippen LogP contribution in [0, 0.1) is 5.41 Å². The Labute approximate surface area is 145 Å². The first-order valence-electron chi connectivity index (χ1n) is 8.97. The summed E-state index contributed by atoms with van der Waals surface area (Å²) in [6.45, 7) is 10.0. The highest BCUT2D eigenvalue weighted by molar-refractivity contribution is 5.68. The van der Waals surface area contributed by atoms with Gasteiger partial charge in [-0.1, -0.05) is 30.3 Å². The van der Waals surface area contributed by atoms with Gasteiger partial charge in [0.05, 0.1) is 6.04 Å². The van der Waals surface area contributed by atoms with Crippen LogP contribution in [-0.4, -0.2) is 47.7 Å². The van der Waals surface area contributed by atoms with Gasteiger partial charge in [-0.05, 0) is 46.1 Å². The minimum absolute atomic E-state index is 0.201. The zero-order chi connectivity index (χ0) is 17.5. The highest BCUT2D eigenvalue weighted by Gasteiger charge is 2.58. The molecule has 0 radical (unpaired) electrons. The van der Waals surface area contributed by atoms with Gasteiger partial charge in [0.25, 0.3) is 0 Å². The summed E-state index contributed by atoms with van der Waals surface area (Å²) in [5.41, 5.74) is 1.17. The number of benzene rings is 1. The van der Waals surface area contributed by atoms with Gasteiger partial charge in [-0.15, -0.1) is 0 Å². The van der Waals surface area contributed by atoms with E-state index < -0.39 is 5.60 Å². The number of carbonyl (C=O) groups excluding carboxylic acids is 1. The van der Waals surface area contributed by atoms with Crippen LogP contribution in [0.5, 0.6) is 0 Å². The molecule has 4 nitrogen and oxygen atoms in total. The van der Waals surface area contributed by atoms with Gasteiger partial charge in [0.1, 0.15) is 5.60 Å². The van der Waals surface area contributed by atoms with E-state index in [1.54, 1.807) is 0 Å². The first-order valence-corrected chi connectivity index (χ1v) is 8.97. The summed E-state index contributed by atoms with van der Waals surface area (Å²) in [7, 11) is 1.90. The Morgan fingerprint density at radius 1 is 1.29 bits per heavy atom. The minimum atomic E-state index is -0.447. The number of nitrogens with zero attached hydrogens (tertiary/aromatic N) is 2. The van der Waals surface area contributed by atoms with Crippen LogP contribution in [0.3, 0.4) is 0 Å². The summed E-state index contributed by atoms with van der Waals surface area (Å²) in [5.74, 6) is 0. The van der Waals surface area contributed by atoms with Gasteiger partial charge in [0.2, 0.25) is 0 Å². The molecule has 1 unspecified atom stereocenters. The van der Waals surface area contributed by atoms with E-state index >= 15 is 0 Å². The Morgan fingerprint density at radius 2 is 1.92 bits per heavy atom. The predicted molar refractivity (Wildman–Crippen MR) is 95.9 cm³/mol. The molecule has 0 N–H and O–H groups in total. The number of hydrogen-bond acceptors (Lipinski definition) is 3. The third-order valence-corrected chi connectivity index (χ3v) is 5.50. The fourth-order valence-corrected chi connectivity index (χ4v) is 3.87. The van der Waals surface area contributed by atoms with E-state index in [4.69, 9.17) is 4.74 Å². The van der Waals surface area contributed by atoms with Gasteiger partial charge in [-0.2, -0.15) is 0 Å². The molecule has 132 valence electrons. The lowest BCUT2D eigenvalue weighted by molar-refractivity contribution is 0.0183. The lowest BCUT2D eigenvalue weighted by atomic mass is 10.00. The zero-order valence-electron chi connectivity index (χ0n) is 15.6. The second kappa shape index (κ2) is 6.07. The number of rotatable bonds is 3. The standard InChI is InChI=1S/C20H30N2O2/c1-15(16-9-7-6-8-10-16)22-13-17(20(14-22)11-12-20)21(5)18(23)24-19(2,3)4/h6-10,15,17H,11-14H2,1-5H3/t15-,17?/m1/s1. The second-order valence-electron chi connectivity index (χ2n) is 8.49. The first-order chi connectivity index (χ1) is 11.2. The van der Waals surface area contributed by atoms with E-state index in [2.05, 4.69) is 42.2 Å². The van der Waals surface area contributed by atoms with Gasteiger partial charge < -0.3 is 9.64 Å². The van der Waals surface area contributed by atoms with Crippen molar-refractivity contribution in [1.29, 1.82) is 0 Å². The minimum Gasteiger partial charge on any atom is -0.444 e. The molecule has 1 amide bonds. The van der Waals surface area contributed by atoms with Crippen LogP contribution in [0.2, 0.25) is 0 Å². The van der Waals surface area contributed by atoms with Crippen LogP contribution in [0.25, 0.3) is 0 Å². The van der Waals surface area contributed by atoms with E-state index in [1.165, 1.54) is 18.4 Å². The summed E-state index contributed by atoms with van der Waals surface area (Å²) in [4.78, 5) is 16.9. The normalized spacial score (nSPS) is 24.0. The predicted octanol–water partition coefficient (Wildman–Crippen LogP) is 4.08. The molecule has 0 bridgehead atoms. The van der Waals surface area contributed by atoms with Gasteiger partial charge in [0.15, 0.2) is 0 Å². The molecule has 1 aliphatic heterocycles. The highest BCUT2D eigenvalue weighted by atomic mass is 16.6. The van der Waals surface area contributed by atoms with E-state index in [9.17, 15) is 4.79 Å². The van der Waals surface area contributed by atoms with E-state index in [0.29, 0.717) is 6.04 Å². The number of carbonyl (C=O) groups is 1. The lowest BCUT2D eigenvalue weighted by Gasteiger charge is -2.31. The smallest absolute Gasteiger partial charge is 0.410 e. The van der Waals surface area contributed by atoms with Crippen molar-refractivity contribution >= 4 is 6.09 Å². The SMILES string of the molecule is C[C@H](c1ccccc1)N1CC(N(C)C(=O)OC(C)(C)C)C2(CC2)C1.